The van der Waals surface area contributed by atoms with Crippen LogP contribution in [-0.2, 0) is 10.0 Å². The number of nitrogens with one attached hydrogen (secondary N) is 1. The second-order valence-electron chi connectivity index (χ2n) is 7.01. The van der Waals surface area contributed by atoms with Crippen molar-refractivity contribution >= 4 is 33.0 Å². The first-order valence-electron chi connectivity index (χ1n) is 9.62. The number of rotatable bonds is 5. The SMILES string of the molecule is O=S(=O)(Nc1cc(-c2ccc3ncc(-c4ccncc4)n3c2)cnc1Cl)c1ccccc1. The number of aromatic nitrogens is 4. The standard InChI is InChI=1S/C23H16ClN5O2S/c24-23-20(28-32(30,31)19-4-2-1-3-5-19)12-18(13-27-23)17-6-7-22-26-14-21(29(22)15-17)16-8-10-25-11-9-16/h1-15,28H. The van der Waals surface area contributed by atoms with E-state index in [4.69, 9.17) is 11.6 Å². The van der Waals surface area contributed by atoms with Crippen molar-refractivity contribution in [2.75, 3.05) is 4.72 Å². The molecule has 0 aliphatic carbocycles. The normalized spacial score (nSPS) is 11.5. The summed E-state index contributed by atoms with van der Waals surface area (Å²) < 4.78 is 30.0. The van der Waals surface area contributed by atoms with E-state index in [-0.39, 0.29) is 15.7 Å². The fourth-order valence-electron chi connectivity index (χ4n) is 3.37. The Labute approximate surface area is 189 Å². The van der Waals surface area contributed by atoms with Gasteiger partial charge in [0.25, 0.3) is 10.0 Å². The first kappa shape index (κ1) is 20.2. The van der Waals surface area contributed by atoms with E-state index in [1.54, 1.807) is 49.1 Å². The Morgan fingerprint density at radius 2 is 1.62 bits per heavy atom. The number of anilines is 1. The minimum atomic E-state index is -3.80. The smallest absolute Gasteiger partial charge is 0.261 e. The minimum absolute atomic E-state index is 0.0643. The molecule has 0 fully saturated rings. The second kappa shape index (κ2) is 8.07. The quantitative estimate of drug-likeness (QED) is 0.375. The molecule has 0 aliphatic heterocycles. The highest BCUT2D eigenvalue weighted by atomic mass is 35.5. The van der Waals surface area contributed by atoms with Crippen molar-refractivity contribution in [3.05, 3.63) is 96.8 Å². The topological polar surface area (TPSA) is 89.2 Å². The van der Waals surface area contributed by atoms with Crippen LogP contribution in [0.5, 0.6) is 0 Å². The highest BCUT2D eigenvalue weighted by Gasteiger charge is 2.17. The van der Waals surface area contributed by atoms with Gasteiger partial charge in [0.15, 0.2) is 5.15 Å². The monoisotopic (exact) mass is 461 g/mol. The molecule has 0 bridgehead atoms. The largest absolute Gasteiger partial charge is 0.299 e. The van der Waals surface area contributed by atoms with E-state index in [1.165, 1.54) is 12.1 Å². The third-order valence-electron chi connectivity index (χ3n) is 4.95. The number of pyridine rings is 3. The maximum absolute atomic E-state index is 12.7. The zero-order chi connectivity index (χ0) is 22.1. The summed E-state index contributed by atoms with van der Waals surface area (Å²) in [6.07, 6.45) is 8.79. The number of benzene rings is 1. The summed E-state index contributed by atoms with van der Waals surface area (Å²) >= 11 is 6.20. The molecule has 32 heavy (non-hydrogen) atoms. The average molecular weight is 462 g/mol. The lowest BCUT2D eigenvalue weighted by atomic mass is 10.1. The van der Waals surface area contributed by atoms with Crippen LogP contribution in [0.2, 0.25) is 5.15 Å². The average Bonchev–Trinajstić information content (AvgIpc) is 3.25. The number of imidazole rings is 1. The van der Waals surface area contributed by atoms with Gasteiger partial charge in [-0.15, -0.1) is 0 Å². The van der Waals surface area contributed by atoms with Gasteiger partial charge in [0.2, 0.25) is 0 Å². The molecule has 4 heterocycles. The Hall–Kier alpha value is -3.75. The third kappa shape index (κ3) is 3.81. The molecule has 9 heteroatoms. The van der Waals surface area contributed by atoms with Gasteiger partial charge >= 0.3 is 0 Å². The van der Waals surface area contributed by atoms with Crippen LogP contribution in [0.4, 0.5) is 5.69 Å². The van der Waals surface area contributed by atoms with Crippen LogP contribution in [0.15, 0.2) is 96.5 Å². The van der Waals surface area contributed by atoms with E-state index in [9.17, 15) is 8.42 Å². The molecule has 1 N–H and O–H groups in total. The van der Waals surface area contributed by atoms with Crippen LogP contribution in [0.25, 0.3) is 28.0 Å². The van der Waals surface area contributed by atoms with Crippen molar-refractivity contribution in [2.45, 2.75) is 4.90 Å². The molecule has 0 spiro atoms. The van der Waals surface area contributed by atoms with E-state index in [0.29, 0.717) is 5.56 Å². The van der Waals surface area contributed by atoms with Crippen molar-refractivity contribution in [1.29, 1.82) is 0 Å². The second-order valence-corrected chi connectivity index (χ2v) is 9.05. The van der Waals surface area contributed by atoms with E-state index in [1.807, 2.05) is 34.9 Å². The first-order valence-corrected chi connectivity index (χ1v) is 11.5. The minimum Gasteiger partial charge on any atom is -0.299 e. The van der Waals surface area contributed by atoms with Crippen LogP contribution in [0.1, 0.15) is 0 Å². The zero-order valence-electron chi connectivity index (χ0n) is 16.6. The van der Waals surface area contributed by atoms with Gasteiger partial charge in [-0.2, -0.15) is 0 Å². The fourth-order valence-corrected chi connectivity index (χ4v) is 4.65. The summed E-state index contributed by atoms with van der Waals surface area (Å²) in [7, 11) is -3.80. The van der Waals surface area contributed by atoms with E-state index >= 15 is 0 Å². The summed E-state index contributed by atoms with van der Waals surface area (Å²) in [5.74, 6) is 0. The molecular formula is C23H16ClN5O2S. The maximum atomic E-state index is 12.7. The summed E-state index contributed by atoms with van der Waals surface area (Å²) in [5, 5.41) is 0.0643. The highest BCUT2D eigenvalue weighted by Crippen LogP contribution is 2.30. The van der Waals surface area contributed by atoms with Crippen molar-refractivity contribution in [1.82, 2.24) is 19.4 Å². The van der Waals surface area contributed by atoms with Gasteiger partial charge in [-0.25, -0.2) is 18.4 Å². The summed E-state index contributed by atoms with van der Waals surface area (Å²) in [6.45, 7) is 0. The van der Waals surface area contributed by atoms with Crippen molar-refractivity contribution in [3.8, 4) is 22.4 Å². The lowest BCUT2D eigenvalue weighted by Crippen LogP contribution is -2.13. The van der Waals surface area contributed by atoms with Gasteiger partial charge in [-0.05, 0) is 42.5 Å². The molecular weight excluding hydrogens is 446 g/mol. The molecule has 5 rings (SSSR count). The van der Waals surface area contributed by atoms with E-state index in [2.05, 4.69) is 19.7 Å². The van der Waals surface area contributed by atoms with Gasteiger partial charge < -0.3 is 0 Å². The van der Waals surface area contributed by atoms with Gasteiger partial charge in [-0.1, -0.05) is 29.8 Å². The third-order valence-corrected chi connectivity index (χ3v) is 6.63. The number of halogens is 1. The Morgan fingerprint density at radius 3 is 2.41 bits per heavy atom. The number of sulfonamides is 1. The lowest BCUT2D eigenvalue weighted by molar-refractivity contribution is 0.601. The summed E-state index contributed by atoms with van der Waals surface area (Å²) in [6, 6.07) is 17.4. The van der Waals surface area contributed by atoms with Crippen LogP contribution >= 0.6 is 11.6 Å². The molecule has 0 radical (unpaired) electrons. The number of nitrogens with zero attached hydrogens (tertiary/aromatic N) is 4. The predicted molar refractivity (Wildman–Crippen MR) is 124 cm³/mol. The number of hydrogen-bond acceptors (Lipinski definition) is 5. The molecule has 0 saturated heterocycles. The zero-order valence-corrected chi connectivity index (χ0v) is 18.1. The Balaban J connectivity index is 1.55. The van der Waals surface area contributed by atoms with Gasteiger partial charge in [0.05, 0.1) is 22.5 Å². The molecule has 0 aliphatic rings. The molecule has 0 unspecified atom stereocenters. The van der Waals surface area contributed by atoms with Crippen LogP contribution in [0.3, 0.4) is 0 Å². The van der Waals surface area contributed by atoms with Gasteiger partial charge in [0, 0.05) is 41.5 Å². The van der Waals surface area contributed by atoms with Crippen LogP contribution in [-0.4, -0.2) is 27.8 Å². The maximum Gasteiger partial charge on any atom is 0.261 e. The van der Waals surface area contributed by atoms with Crippen molar-refractivity contribution in [2.24, 2.45) is 0 Å². The molecule has 1 aromatic carbocycles. The van der Waals surface area contributed by atoms with Crippen LogP contribution < -0.4 is 4.72 Å². The van der Waals surface area contributed by atoms with Crippen molar-refractivity contribution < 1.29 is 8.42 Å². The Morgan fingerprint density at radius 1 is 0.844 bits per heavy atom. The molecule has 0 saturated carbocycles. The summed E-state index contributed by atoms with van der Waals surface area (Å²) in [5.41, 5.74) is 4.42. The van der Waals surface area contributed by atoms with Crippen molar-refractivity contribution in [3.63, 3.8) is 0 Å². The molecule has 4 aromatic heterocycles. The number of fused-ring (bicyclic) bond motifs is 1. The lowest BCUT2D eigenvalue weighted by Gasteiger charge is -2.11. The predicted octanol–water partition coefficient (Wildman–Crippen LogP) is 4.91. The Kier molecular flexibility index (Phi) is 5.08. The van der Waals surface area contributed by atoms with E-state index in [0.717, 1.165) is 22.5 Å². The first-order chi connectivity index (χ1) is 15.5. The summed E-state index contributed by atoms with van der Waals surface area (Å²) in [4.78, 5) is 12.8. The fraction of sp³-hybridized carbons (Fsp3) is 0. The van der Waals surface area contributed by atoms with E-state index < -0.39 is 10.0 Å². The molecule has 0 atom stereocenters. The molecule has 7 nitrogen and oxygen atoms in total. The highest BCUT2D eigenvalue weighted by molar-refractivity contribution is 7.92. The molecule has 5 aromatic rings. The van der Waals surface area contributed by atoms with Gasteiger partial charge in [0.1, 0.15) is 5.65 Å². The molecule has 158 valence electrons. The van der Waals surface area contributed by atoms with Crippen LogP contribution in [0, 0.1) is 0 Å². The Bertz CT molecular complexity index is 1520. The number of hydrogen-bond donors (Lipinski definition) is 1. The molecule has 0 amide bonds. The van der Waals surface area contributed by atoms with Gasteiger partial charge in [-0.3, -0.25) is 14.1 Å².